The summed E-state index contributed by atoms with van der Waals surface area (Å²) in [5.41, 5.74) is 5.26. The number of hydrogen-bond donors (Lipinski definition) is 0. The second kappa shape index (κ2) is 12.1. The van der Waals surface area contributed by atoms with Crippen molar-refractivity contribution in [1.29, 1.82) is 0 Å². The van der Waals surface area contributed by atoms with Gasteiger partial charge in [-0.15, -0.1) is 0 Å². The molecule has 2 aliphatic rings. The smallest absolute Gasteiger partial charge is 0.175 e. The molecule has 6 heteroatoms. The summed E-state index contributed by atoms with van der Waals surface area (Å²) in [6.07, 6.45) is 13.9. The van der Waals surface area contributed by atoms with Gasteiger partial charge in [-0.25, -0.2) is 4.39 Å². The van der Waals surface area contributed by atoms with Crippen molar-refractivity contribution in [2.24, 2.45) is 5.92 Å². The van der Waals surface area contributed by atoms with Crippen LogP contribution in [0.15, 0.2) is 64.7 Å². The molecule has 1 saturated heterocycles. The average Bonchev–Trinajstić information content (AvgIpc) is 3.32. The van der Waals surface area contributed by atoms with E-state index in [1.54, 1.807) is 12.1 Å². The topological polar surface area (TPSA) is 41.7 Å². The van der Waals surface area contributed by atoms with Gasteiger partial charge < -0.3 is 14.2 Å². The lowest BCUT2D eigenvalue weighted by atomic mass is 9.90. The lowest BCUT2D eigenvalue weighted by Gasteiger charge is -2.32. The number of fused-ring (bicyclic) bond motifs is 1. The number of nitrogens with zero attached hydrogens (tertiary/aromatic N) is 3. The van der Waals surface area contributed by atoms with E-state index in [1.807, 2.05) is 20.2 Å². The maximum absolute atomic E-state index is 13.2. The number of piperidine rings is 1. The van der Waals surface area contributed by atoms with E-state index in [4.69, 9.17) is 9.26 Å². The Balaban J connectivity index is 1.21. The van der Waals surface area contributed by atoms with Gasteiger partial charge in [0, 0.05) is 18.5 Å². The molecule has 0 saturated carbocycles. The van der Waals surface area contributed by atoms with Crippen LogP contribution in [-0.2, 0) is 19.6 Å². The van der Waals surface area contributed by atoms with E-state index in [9.17, 15) is 4.39 Å². The van der Waals surface area contributed by atoms with Gasteiger partial charge >= 0.3 is 0 Å². The molecule has 0 bridgehead atoms. The van der Waals surface area contributed by atoms with E-state index < -0.39 is 0 Å². The lowest BCUT2D eigenvalue weighted by molar-refractivity contribution is 0.192. The number of hydrogen-bond acceptors (Lipinski definition) is 5. The summed E-state index contributed by atoms with van der Waals surface area (Å²) >= 11 is 0. The van der Waals surface area contributed by atoms with E-state index in [2.05, 4.69) is 39.3 Å². The van der Waals surface area contributed by atoms with Gasteiger partial charge in [-0.1, -0.05) is 35.5 Å². The predicted octanol–water partition coefficient (Wildman–Crippen LogP) is 6.53. The van der Waals surface area contributed by atoms with Crippen molar-refractivity contribution >= 4 is 11.0 Å². The predicted molar refractivity (Wildman–Crippen MR) is 146 cm³/mol. The summed E-state index contributed by atoms with van der Waals surface area (Å²) in [5, 5.41) is 5.58. The van der Waals surface area contributed by atoms with Crippen LogP contribution < -0.4 is 4.74 Å². The van der Waals surface area contributed by atoms with Gasteiger partial charge in [-0.3, -0.25) is 4.90 Å². The highest BCUT2D eigenvalue weighted by Crippen LogP contribution is 2.33. The zero-order valence-electron chi connectivity index (χ0n) is 22.1. The Labute approximate surface area is 219 Å². The first-order valence-electron chi connectivity index (χ1n) is 13.5. The normalized spacial score (nSPS) is 17.0. The third-order valence-electron chi connectivity index (χ3n) is 7.53. The summed E-state index contributed by atoms with van der Waals surface area (Å²) < 4.78 is 25.3. The molecule has 0 amide bonds. The maximum atomic E-state index is 13.2. The number of rotatable bonds is 10. The number of halogens is 1. The SMILES string of the molecule is CN(C)Cc1c(OCc2ccc(F)cc2)ccc2c(CCC3CCN(CC4=CCCC=C4)CC3)noc12. The minimum Gasteiger partial charge on any atom is -0.488 e. The van der Waals surface area contributed by atoms with Crippen molar-refractivity contribution in [2.45, 2.75) is 51.7 Å². The zero-order valence-corrected chi connectivity index (χ0v) is 22.1. The fourth-order valence-electron chi connectivity index (χ4n) is 5.43. The molecule has 1 aliphatic carbocycles. The quantitative estimate of drug-likeness (QED) is 0.315. The standard InChI is InChI=1S/C31H38FN3O2/c1-34(2)21-28-30(36-22-25-8-11-26(32)12-9-25)15-13-27-29(33-37-31(27)28)14-10-23-16-18-35(19-17-23)20-24-6-4-3-5-7-24/h4,6-9,11-13,15,23H,3,5,10,14,16-22H2,1-2H3. The second-order valence-corrected chi connectivity index (χ2v) is 10.7. The Bertz CT molecular complexity index is 1240. The van der Waals surface area contributed by atoms with Crippen molar-refractivity contribution in [2.75, 3.05) is 33.7 Å². The molecule has 1 aliphatic heterocycles. The summed E-state index contributed by atoms with van der Waals surface area (Å²) in [4.78, 5) is 4.71. The Hall–Kier alpha value is -2.96. The van der Waals surface area contributed by atoms with E-state index in [0.717, 1.165) is 58.8 Å². The first kappa shape index (κ1) is 25.7. The van der Waals surface area contributed by atoms with Crippen molar-refractivity contribution in [1.82, 2.24) is 15.0 Å². The van der Waals surface area contributed by atoms with E-state index in [-0.39, 0.29) is 5.82 Å². The fourth-order valence-corrected chi connectivity index (χ4v) is 5.43. The lowest BCUT2D eigenvalue weighted by Crippen LogP contribution is -2.35. The summed E-state index contributed by atoms with van der Waals surface area (Å²) in [5.74, 6) is 1.27. The molecule has 196 valence electrons. The molecule has 0 spiro atoms. The second-order valence-electron chi connectivity index (χ2n) is 10.7. The van der Waals surface area contributed by atoms with Gasteiger partial charge in [-0.05, 0) is 107 Å². The molecule has 2 heterocycles. The van der Waals surface area contributed by atoms with Crippen molar-refractivity contribution < 1.29 is 13.7 Å². The van der Waals surface area contributed by atoms with Crippen LogP contribution >= 0.6 is 0 Å². The van der Waals surface area contributed by atoms with Crippen LogP contribution in [0.25, 0.3) is 11.0 Å². The molecule has 2 aromatic carbocycles. The highest BCUT2D eigenvalue weighted by atomic mass is 19.1. The first-order valence-corrected chi connectivity index (χ1v) is 13.5. The first-order chi connectivity index (χ1) is 18.0. The number of likely N-dealkylation sites (tertiary alicyclic amines) is 1. The van der Waals surface area contributed by atoms with Gasteiger partial charge in [0.05, 0.1) is 11.3 Å². The fraction of sp³-hybridized carbons (Fsp3) is 0.452. The largest absolute Gasteiger partial charge is 0.488 e. The van der Waals surface area contributed by atoms with Crippen LogP contribution in [0.3, 0.4) is 0 Å². The minimum atomic E-state index is -0.243. The molecule has 37 heavy (non-hydrogen) atoms. The molecule has 5 rings (SSSR count). The summed E-state index contributed by atoms with van der Waals surface area (Å²) in [7, 11) is 4.07. The third-order valence-corrected chi connectivity index (χ3v) is 7.53. The van der Waals surface area contributed by atoms with E-state index in [1.165, 1.54) is 56.5 Å². The van der Waals surface area contributed by atoms with Crippen LogP contribution in [0, 0.1) is 11.7 Å². The molecular formula is C31H38FN3O2. The van der Waals surface area contributed by atoms with Crippen molar-refractivity contribution in [3.63, 3.8) is 0 Å². The molecule has 0 radical (unpaired) electrons. The molecule has 1 fully saturated rings. The van der Waals surface area contributed by atoms with Crippen molar-refractivity contribution in [3.05, 3.63) is 82.8 Å². The number of benzene rings is 2. The molecule has 5 nitrogen and oxygen atoms in total. The summed E-state index contributed by atoms with van der Waals surface area (Å²) in [6.45, 7) is 4.51. The number of ether oxygens (including phenoxy) is 1. The maximum Gasteiger partial charge on any atom is 0.175 e. The zero-order chi connectivity index (χ0) is 25.6. The highest BCUT2D eigenvalue weighted by Gasteiger charge is 2.22. The van der Waals surface area contributed by atoms with Gasteiger partial charge in [0.15, 0.2) is 5.58 Å². The van der Waals surface area contributed by atoms with Crippen molar-refractivity contribution in [3.8, 4) is 5.75 Å². The Morgan fingerprint density at radius 3 is 2.62 bits per heavy atom. The number of aryl methyl sites for hydroxylation is 1. The molecule has 0 atom stereocenters. The molecular weight excluding hydrogens is 465 g/mol. The molecule has 0 N–H and O–H groups in total. The average molecular weight is 504 g/mol. The van der Waals surface area contributed by atoms with Crippen LogP contribution in [0.5, 0.6) is 5.75 Å². The Kier molecular flexibility index (Phi) is 8.37. The molecule has 0 unspecified atom stereocenters. The number of allylic oxidation sites excluding steroid dienone is 2. The van der Waals surface area contributed by atoms with E-state index in [0.29, 0.717) is 13.2 Å². The Morgan fingerprint density at radius 2 is 1.89 bits per heavy atom. The van der Waals surface area contributed by atoms with Gasteiger partial charge in [0.2, 0.25) is 0 Å². The molecule has 3 aromatic rings. The molecule has 1 aromatic heterocycles. The van der Waals surface area contributed by atoms with Gasteiger partial charge in [0.1, 0.15) is 18.2 Å². The number of aromatic nitrogens is 1. The third kappa shape index (κ3) is 6.68. The van der Waals surface area contributed by atoms with Crippen LogP contribution in [0.2, 0.25) is 0 Å². The van der Waals surface area contributed by atoms with Gasteiger partial charge in [0.25, 0.3) is 0 Å². The van der Waals surface area contributed by atoms with Crippen LogP contribution in [-0.4, -0.2) is 48.7 Å². The highest BCUT2D eigenvalue weighted by molar-refractivity contribution is 5.84. The Morgan fingerprint density at radius 1 is 1.08 bits per heavy atom. The van der Waals surface area contributed by atoms with Crippen LogP contribution in [0.1, 0.15) is 48.9 Å². The van der Waals surface area contributed by atoms with Crippen LogP contribution in [0.4, 0.5) is 4.39 Å². The minimum absolute atomic E-state index is 0.243. The van der Waals surface area contributed by atoms with E-state index >= 15 is 0 Å². The monoisotopic (exact) mass is 503 g/mol. The van der Waals surface area contributed by atoms with Gasteiger partial charge in [-0.2, -0.15) is 0 Å². The summed E-state index contributed by atoms with van der Waals surface area (Å²) in [6, 6.07) is 10.5.